The third-order valence-electron chi connectivity index (χ3n) is 14.9. The Balaban J connectivity index is 0.845. The third-order valence-corrected chi connectivity index (χ3v) is 14.9. The molecule has 0 amide bonds. The fourth-order valence-corrected chi connectivity index (χ4v) is 11.3. The summed E-state index contributed by atoms with van der Waals surface area (Å²) in [5.41, 5.74) is 20.5. The molecule has 4 heteroatoms. The predicted octanol–water partition coefficient (Wildman–Crippen LogP) is 19.8. The lowest BCUT2D eigenvalue weighted by Crippen LogP contribution is -2.12. The zero-order valence-electron chi connectivity index (χ0n) is 41.7. The minimum absolute atomic E-state index is 1.06. The van der Waals surface area contributed by atoms with Gasteiger partial charge in [0.1, 0.15) is 0 Å². The normalized spacial score (nSPS) is 11.4. The van der Waals surface area contributed by atoms with Crippen LogP contribution in [-0.4, -0.2) is 9.13 Å². The van der Waals surface area contributed by atoms with Crippen LogP contribution in [0.4, 0.5) is 34.1 Å². The van der Waals surface area contributed by atoms with Crippen molar-refractivity contribution in [2.24, 2.45) is 0 Å². The molecule has 0 fully saturated rings. The minimum Gasteiger partial charge on any atom is -0.311 e. The van der Waals surface area contributed by atoms with Crippen molar-refractivity contribution >= 4 is 77.7 Å². The van der Waals surface area contributed by atoms with Gasteiger partial charge in [-0.15, -0.1) is 0 Å². The van der Waals surface area contributed by atoms with Gasteiger partial charge in [0, 0.05) is 67.0 Å². The first kappa shape index (κ1) is 44.5. The Morgan fingerprint density at radius 1 is 0.184 bits per heavy atom. The summed E-state index contributed by atoms with van der Waals surface area (Å²) in [6, 6.07) is 110. The lowest BCUT2D eigenvalue weighted by molar-refractivity contribution is 1.17. The van der Waals surface area contributed by atoms with Gasteiger partial charge in [-0.05, 0) is 161 Å². The van der Waals surface area contributed by atoms with E-state index < -0.39 is 0 Å². The molecule has 358 valence electrons. The number of benzene rings is 12. The molecule has 0 saturated heterocycles. The number of rotatable bonds is 11. The van der Waals surface area contributed by atoms with Crippen molar-refractivity contribution in [3.05, 3.63) is 303 Å². The lowest BCUT2D eigenvalue weighted by Gasteiger charge is -2.29. The Bertz CT molecular complexity index is 4280. The van der Waals surface area contributed by atoms with Crippen LogP contribution in [0.25, 0.3) is 88.4 Å². The molecule has 0 radical (unpaired) electrons. The standard InChI is InChI=1S/C72H50N4/c1-4-16-51(17-5-1)53-28-35-58(36-29-53)73(60-39-32-55(33-40-60)56-34-49-72-68(50-56)67-24-12-15-27-71(67)75(72)57-20-8-3-9-21-57)61-41-43-62(44-42-61)74(59-37-30-54(31-38-59)52-18-6-2-7-19-52)63-45-47-64(48-46-63)76-69-25-13-10-22-65(69)66-23-11-14-26-70(66)76/h1-50H. The molecule has 0 aliphatic heterocycles. The molecule has 0 unspecified atom stereocenters. The van der Waals surface area contributed by atoms with Gasteiger partial charge in [-0.1, -0.05) is 176 Å². The van der Waals surface area contributed by atoms with E-state index in [0.29, 0.717) is 0 Å². The van der Waals surface area contributed by atoms with Crippen LogP contribution in [-0.2, 0) is 0 Å². The van der Waals surface area contributed by atoms with Crippen molar-refractivity contribution < 1.29 is 0 Å². The molecule has 14 rings (SSSR count). The zero-order valence-corrected chi connectivity index (χ0v) is 41.7. The fraction of sp³-hybridized carbons (Fsp3) is 0. The number of para-hydroxylation sites is 4. The first-order valence-electron chi connectivity index (χ1n) is 26.0. The van der Waals surface area contributed by atoms with E-state index in [1.54, 1.807) is 0 Å². The number of aromatic nitrogens is 2. The number of anilines is 6. The number of hydrogen-bond acceptors (Lipinski definition) is 2. The van der Waals surface area contributed by atoms with Crippen LogP contribution in [0.3, 0.4) is 0 Å². The van der Waals surface area contributed by atoms with E-state index in [-0.39, 0.29) is 0 Å². The second-order valence-electron chi connectivity index (χ2n) is 19.4. The minimum atomic E-state index is 1.06. The molecule has 14 aromatic rings. The van der Waals surface area contributed by atoms with Crippen LogP contribution in [0.5, 0.6) is 0 Å². The highest BCUT2D eigenvalue weighted by Gasteiger charge is 2.19. The van der Waals surface area contributed by atoms with Crippen LogP contribution in [0.2, 0.25) is 0 Å². The Labute approximate surface area is 442 Å². The maximum Gasteiger partial charge on any atom is 0.0541 e. The predicted molar refractivity (Wildman–Crippen MR) is 321 cm³/mol. The van der Waals surface area contributed by atoms with Crippen LogP contribution >= 0.6 is 0 Å². The van der Waals surface area contributed by atoms with Gasteiger partial charge in [0.25, 0.3) is 0 Å². The summed E-state index contributed by atoms with van der Waals surface area (Å²) >= 11 is 0. The highest BCUT2D eigenvalue weighted by atomic mass is 15.2. The maximum atomic E-state index is 2.38. The van der Waals surface area contributed by atoms with Crippen molar-refractivity contribution in [1.29, 1.82) is 0 Å². The molecule has 0 atom stereocenters. The Morgan fingerprint density at radius 3 is 0.855 bits per heavy atom. The van der Waals surface area contributed by atoms with Crippen molar-refractivity contribution in [2.45, 2.75) is 0 Å². The summed E-state index contributed by atoms with van der Waals surface area (Å²) in [5, 5.41) is 4.98. The summed E-state index contributed by atoms with van der Waals surface area (Å²) in [5.74, 6) is 0. The van der Waals surface area contributed by atoms with Crippen LogP contribution < -0.4 is 9.80 Å². The molecule has 12 aromatic carbocycles. The lowest BCUT2D eigenvalue weighted by atomic mass is 10.0. The van der Waals surface area contributed by atoms with E-state index in [9.17, 15) is 0 Å². The smallest absolute Gasteiger partial charge is 0.0541 e. The van der Waals surface area contributed by atoms with Crippen LogP contribution in [0.15, 0.2) is 303 Å². The molecule has 2 heterocycles. The van der Waals surface area contributed by atoms with Gasteiger partial charge in [-0.3, -0.25) is 0 Å². The first-order chi connectivity index (χ1) is 37.7. The molecule has 0 spiro atoms. The molecule has 76 heavy (non-hydrogen) atoms. The molecule has 0 N–H and O–H groups in total. The molecule has 0 bridgehead atoms. The number of nitrogens with zero attached hydrogens (tertiary/aromatic N) is 4. The van der Waals surface area contributed by atoms with Gasteiger partial charge in [0.05, 0.1) is 22.1 Å². The average molecular weight is 971 g/mol. The maximum absolute atomic E-state index is 2.38. The van der Waals surface area contributed by atoms with Gasteiger partial charge < -0.3 is 18.9 Å². The molecule has 2 aromatic heterocycles. The highest BCUT2D eigenvalue weighted by Crippen LogP contribution is 2.42. The molecular formula is C72H50N4. The Hall–Kier alpha value is -10.2. The topological polar surface area (TPSA) is 16.3 Å². The fourth-order valence-electron chi connectivity index (χ4n) is 11.3. The summed E-state index contributed by atoms with van der Waals surface area (Å²) in [4.78, 5) is 4.72. The second kappa shape index (κ2) is 19.0. The summed E-state index contributed by atoms with van der Waals surface area (Å²) in [6.45, 7) is 0. The van der Waals surface area contributed by atoms with Gasteiger partial charge in [-0.2, -0.15) is 0 Å². The van der Waals surface area contributed by atoms with E-state index in [2.05, 4.69) is 322 Å². The average Bonchev–Trinajstić information content (AvgIpc) is 4.06. The van der Waals surface area contributed by atoms with Gasteiger partial charge in [0.2, 0.25) is 0 Å². The number of hydrogen-bond donors (Lipinski definition) is 0. The van der Waals surface area contributed by atoms with E-state index >= 15 is 0 Å². The zero-order chi connectivity index (χ0) is 50.4. The molecule has 0 aliphatic carbocycles. The molecule has 4 nitrogen and oxygen atoms in total. The quantitative estimate of drug-likeness (QED) is 0.128. The summed E-state index contributed by atoms with van der Waals surface area (Å²) < 4.78 is 4.74. The Kier molecular flexibility index (Phi) is 11.2. The monoisotopic (exact) mass is 970 g/mol. The molecule has 0 saturated carbocycles. The molecular weight excluding hydrogens is 921 g/mol. The van der Waals surface area contributed by atoms with Crippen molar-refractivity contribution in [3.63, 3.8) is 0 Å². The summed E-state index contributed by atoms with van der Waals surface area (Å²) in [6.07, 6.45) is 0. The van der Waals surface area contributed by atoms with Crippen molar-refractivity contribution in [2.75, 3.05) is 9.80 Å². The molecule has 0 aliphatic rings. The largest absolute Gasteiger partial charge is 0.311 e. The van der Waals surface area contributed by atoms with Gasteiger partial charge >= 0.3 is 0 Å². The van der Waals surface area contributed by atoms with Gasteiger partial charge in [-0.25, -0.2) is 0 Å². The van der Waals surface area contributed by atoms with Gasteiger partial charge in [0.15, 0.2) is 0 Å². The third kappa shape index (κ3) is 7.97. The van der Waals surface area contributed by atoms with Crippen molar-refractivity contribution in [1.82, 2.24) is 9.13 Å². The van der Waals surface area contributed by atoms with Crippen LogP contribution in [0, 0.1) is 0 Å². The van der Waals surface area contributed by atoms with Crippen molar-refractivity contribution in [3.8, 4) is 44.8 Å². The number of fused-ring (bicyclic) bond motifs is 6. The van der Waals surface area contributed by atoms with E-state index in [4.69, 9.17) is 0 Å². The summed E-state index contributed by atoms with van der Waals surface area (Å²) in [7, 11) is 0. The first-order valence-corrected chi connectivity index (χ1v) is 26.0. The van der Waals surface area contributed by atoms with E-state index in [0.717, 1.165) is 51.1 Å². The van der Waals surface area contributed by atoms with E-state index in [1.807, 2.05) is 0 Å². The second-order valence-corrected chi connectivity index (χ2v) is 19.4. The Morgan fingerprint density at radius 2 is 0.447 bits per heavy atom. The van der Waals surface area contributed by atoms with E-state index in [1.165, 1.54) is 71.4 Å². The highest BCUT2D eigenvalue weighted by molar-refractivity contribution is 6.11. The van der Waals surface area contributed by atoms with Crippen LogP contribution in [0.1, 0.15) is 0 Å². The SMILES string of the molecule is c1ccc(-c2ccc(N(c3ccc(-c4ccc5c(c4)c4ccccc4n5-c4ccccc4)cc3)c3ccc(N(c4ccc(-c5ccccc5)cc4)c4ccc(-n5c6ccccc6c6ccccc65)cc4)cc3)cc2)cc1.